The molecule has 1 aliphatic rings. The molecule has 5 nitrogen and oxygen atoms in total. The van der Waals surface area contributed by atoms with Crippen LogP contribution in [0.2, 0.25) is 0 Å². The van der Waals surface area contributed by atoms with Gasteiger partial charge in [-0.05, 0) is 44.4 Å². The predicted octanol–water partition coefficient (Wildman–Crippen LogP) is 2.00. The zero-order valence-electron chi connectivity index (χ0n) is 12.8. The second-order valence-electron chi connectivity index (χ2n) is 5.73. The van der Waals surface area contributed by atoms with Crippen LogP contribution in [0.15, 0.2) is 18.2 Å². The van der Waals surface area contributed by atoms with Crippen LogP contribution in [0.1, 0.15) is 36.2 Å². The zero-order chi connectivity index (χ0) is 15.6. The number of carbonyl (C=O) groups is 2. The number of likely N-dealkylation sites (N-methyl/N-ethyl adjacent to an activating group) is 1. The zero-order valence-corrected chi connectivity index (χ0v) is 12.8. The third-order valence-electron chi connectivity index (χ3n) is 4.07. The van der Waals surface area contributed by atoms with Gasteiger partial charge in [0.25, 0.3) is 0 Å². The highest BCUT2D eigenvalue weighted by Crippen LogP contribution is 2.29. The molecule has 1 amide bonds. The summed E-state index contributed by atoms with van der Waals surface area (Å²) >= 11 is 0. The van der Waals surface area contributed by atoms with Gasteiger partial charge in [-0.15, -0.1) is 0 Å². The Morgan fingerprint density at radius 1 is 1.38 bits per heavy atom. The Balaban J connectivity index is 2.25. The predicted molar refractivity (Wildman–Crippen MR) is 81.8 cm³/mol. The molecule has 0 aromatic heterocycles. The summed E-state index contributed by atoms with van der Waals surface area (Å²) in [7, 11) is 1.80. The third-order valence-corrected chi connectivity index (χ3v) is 4.07. The van der Waals surface area contributed by atoms with Crippen molar-refractivity contribution < 1.29 is 14.7 Å². The lowest BCUT2D eigenvalue weighted by molar-refractivity contribution is -0.129. The molecule has 0 unspecified atom stereocenters. The van der Waals surface area contributed by atoms with Crippen LogP contribution in [0.25, 0.3) is 0 Å². The highest BCUT2D eigenvalue weighted by molar-refractivity contribution is 5.92. The fourth-order valence-corrected chi connectivity index (χ4v) is 2.63. The molecule has 0 radical (unpaired) electrons. The largest absolute Gasteiger partial charge is 0.478 e. The second kappa shape index (κ2) is 6.16. The van der Waals surface area contributed by atoms with E-state index in [1.165, 1.54) is 0 Å². The monoisotopic (exact) mass is 290 g/mol. The van der Waals surface area contributed by atoms with Crippen LogP contribution < -0.4 is 4.90 Å². The van der Waals surface area contributed by atoms with E-state index >= 15 is 0 Å². The lowest BCUT2D eigenvalue weighted by Gasteiger charge is -2.33. The molecule has 1 aliphatic heterocycles. The standard InChI is InChI=1S/C16H22N2O3/c1-11(2)17(3)15(19)10-18-9-5-7-12-13(16(20)21)6-4-8-14(12)18/h4,6,8,11H,5,7,9-10H2,1-3H3,(H,20,21). The highest BCUT2D eigenvalue weighted by atomic mass is 16.4. The summed E-state index contributed by atoms with van der Waals surface area (Å²) in [5, 5.41) is 9.28. The van der Waals surface area contributed by atoms with Crippen molar-refractivity contribution in [3.05, 3.63) is 29.3 Å². The molecule has 1 N–H and O–H groups in total. The van der Waals surface area contributed by atoms with Crippen LogP contribution in [0.4, 0.5) is 5.69 Å². The number of fused-ring (bicyclic) bond motifs is 1. The first-order valence-corrected chi connectivity index (χ1v) is 7.27. The maximum Gasteiger partial charge on any atom is 0.336 e. The molecule has 1 heterocycles. The smallest absolute Gasteiger partial charge is 0.336 e. The number of hydrogen-bond acceptors (Lipinski definition) is 3. The van der Waals surface area contributed by atoms with E-state index in [4.69, 9.17) is 0 Å². The van der Waals surface area contributed by atoms with E-state index < -0.39 is 5.97 Å². The van der Waals surface area contributed by atoms with Gasteiger partial charge in [-0.3, -0.25) is 4.79 Å². The minimum Gasteiger partial charge on any atom is -0.478 e. The van der Waals surface area contributed by atoms with Crippen molar-refractivity contribution in [2.24, 2.45) is 0 Å². The SMILES string of the molecule is CC(C)N(C)C(=O)CN1CCCc2c(C(=O)O)cccc21. The Hall–Kier alpha value is -2.04. The van der Waals surface area contributed by atoms with Gasteiger partial charge < -0.3 is 14.9 Å². The quantitative estimate of drug-likeness (QED) is 0.921. The lowest BCUT2D eigenvalue weighted by atomic mass is 9.96. The highest BCUT2D eigenvalue weighted by Gasteiger charge is 2.24. The van der Waals surface area contributed by atoms with Crippen molar-refractivity contribution in [2.75, 3.05) is 25.0 Å². The van der Waals surface area contributed by atoms with Crippen molar-refractivity contribution in [3.8, 4) is 0 Å². The molecular weight excluding hydrogens is 268 g/mol. The molecule has 114 valence electrons. The first-order chi connectivity index (χ1) is 9.91. The minimum atomic E-state index is -0.903. The van der Waals surface area contributed by atoms with E-state index in [0.717, 1.165) is 30.6 Å². The van der Waals surface area contributed by atoms with E-state index in [-0.39, 0.29) is 11.9 Å². The molecule has 1 aromatic carbocycles. The number of anilines is 1. The number of amides is 1. The first-order valence-electron chi connectivity index (χ1n) is 7.27. The van der Waals surface area contributed by atoms with E-state index in [0.29, 0.717) is 12.1 Å². The van der Waals surface area contributed by atoms with Gasteiger partial charge in [-0.25, -0.2) is 4.79 Å². The minimum absolute atomic E-state index is 0.0542. The Morgan fingerprint density at radius 3 is 2.71 bits per heavy atom. The van der Waals surface area contributed by atoms with Crippen molar-refractivity contribution in [2.45, 2.75) is 32.7 Å². The van der Waals surface area contributed by atoms with Crippen LogP contribution in [0.3, 0.4) is 0 Å². The van der Waals surface area contributed by atoms with Crippen LogP contribution in [0.5, 0.6) is 0 Å². The third kappa shape index (κ3) is 3.17. The maximum atomic E-state index is 12.2. The van der Waals surface area contributed by atoms with Crippen LogP contribution in [0, 0.1) is 0 Å². The maximum absolute atomic E-state index is 12.2. The number of carboxylic acids is 1. The normalized spacial score (nSPS) is 14.0. The number of hydrogen-bond donors (Lipinski definition) is 1. The van der Waals surface area contributed by atoms with Gasteiger partial charge in [0.05, 0.1) is 12.1 Å². The van der Waals surface area contributed by atoms with Gasteiger partial charge in [-0.2, -0.15) is 0 Å². The van der Waals surface area contributed by atoms with Crippen molar-refractivity contribution in [1.29, 1.82) is 0 Å². The van der Waals surface area contributed by atoms with Crippen molar-refractivity contribution in [1.82, 2.24) is 4.90 Å². The average Bonchev–Trinajstić information content (AvgIpc) is 2.45. The summed E-state index contributed by atoms with van der Waals surface area (Å²) in [5.41, 5.74) is 2.07. The Labute approximate surface area is 125 Å². The fourth-order valence-electron chi connectivity index (χ4n) is 2.63. The number of carbonyl (C=O) groups excluding carboxylic acids is 1. The molecule has 0 saturated carbocycles. The van der Waals surface area contributed by atoms with Gasteiger partial charge in [0, 0.05) is 25.3 Å². The fraction of sp³-hybridized carbons (Fsp3) is 0.500. The Kier molecular flexibility index (Phi) is 4.50. The van der Waals surface area contributed by atoms with Crippen LogP contribution in [-0.4, -0.2) is 48.1 Å². The van der Waals surface area contributed by atoms with Gasteiger partial charge >= 0.3 is 5.97 Å². The molecular formula is C16H22N2O3. The second-order valence-corrected chi connectivity index (χ2v) is 5.73. The summed E-state index contributed by atoms with van der Waals surface area (Å²) in [6.45, 7) is 5.04. The molecule has 2 rings (SSSR count). The van der Waals surface area contributed by atoms with Crippen LogP contribution >= 0.6 is 0 Å². The Morgan fingerprint density at radius 2 is 2.10 bits per heavy atom. The van der Waals surface area contributed by atoms with Gasteiger partial charge in [0.1, 0.15) is 0 Å². The lowest BCUT2D eigenvalue weighted by Crippen LogP contribution is -2.43. The number of rotatable bonds is 4. The van der Waals surface area contributed by atoms with Gasteiger partial charge in [0.2, 0.25) is 5.91 Å². The van der Waals surface area contributed by atoms with E-state index in [1.807, 2.05) is 24.8 Å². The number of benzene rings is 1. The molecule has 0 saturated heterocycles. The van der Waals surface area contributed by atoms with Crippen molar-refractivity contribution >= 4 is 17.6 Å². The van der Waals surface area contributed by atoms with Crippen molar-refractivity contribution in [3.63, 3.8) is 0 Å². The molecule has 0 atom stereocenters. The van der Waals surface area contributed by atoms with E-state index in [9.17, 15) is 14.7 Å². The van der Waals surface area contributed by atoms with E-state index in [2.05, 4.69) is 0 Å². The molecule has 0 bridgehead atoms. The van der Waals surface area contributed by atoms with Gasteiger partial charge in [-0.1, -0.05) is 6.07 Å². The van der Waals surface area contributed by atoms with Crippen LogP contribution in [-0.2, 0) is 11.2 Å². The topological polar surface area (TPSA) is 60.9 Å². The first kappa shape index (κ1) is 15.4. The van der Waals surface area contributed by atoms with E-state index in [1.54, 1.807) is 24.1 Å². The molecule has 0 fully saturated rings. The summed E-state index contributed by atoms with van der Waals surface area (Å²) in [4.78, 5) is 27.3. The molecule has 1 aromatic rings. The Bertz CT molecular complexity index is 554. The molecule has 0 spiro atoms. The summed E-state index contributed by atoms with van der Waals surface area (Å²) < 4.78 is 0. The molecule has 5 heteroatoms. The number of carboxylic acid groups (broad SMARTS) is 1. The average molecular weight is 290 g/mol. The summed E-state index contributed by atoms with van der Waals surface area (Å²) in [6, 6.07) is 5.44. The summed E-state index contributed by atoms with van der Waals surface area (Å²) in [5.74, 6) is -0.849. The number of nitrogens with zero attached hydrogens (tertiary/aromatic N) is 2. The summed E-state index contributed by atoms with van der Waals surface area (Å²) in [6.07, 6.45) is 1.62. The number of aromatic carboxylic acids is 1. The molecule has 0 aliphatic carbocycles. The van der Waals surface area contributed by atoms with Gasteiger partial charge in [0.15, 0.2) is 0 Å². The molecule has 21 heavy (non-hydrogen) atoms.